The van der Waals surface area contributed by atoms with Crippen LogP contribution < -0.4 is 0 Å². The maximum Gasteiger partial charge on any atom is 0.136 e. The van der Waals surface area contributed by atoms with Gasteiger partial charge >= 0.3 is 0 Å². The van der Waals surface area contributed by atoms with E-state index in [4.69, 9.17) is 0 Å². The first-order valence-electron chi connectivity index (χ1n) is 2.83. The predicted octanol–water partition coefficient (Wildman–Crippen LogP) is 2.10. The molecule has 0 heterocycles. The Kier molecular flexibility index (Phi) is 2.85. The molecule has 0 atom stereocenters. The lowest BCUT2D eigenvalue weighted by Gasteiger charge is -1.99. The molecule has 1 aromatic carbocycles. The summed E-state index contributed by atoms with van der Waals surface area (Å²) in [6.45, 7) is 0. The van der Waals surface area contributed by atoms with Gasteiger partial charge in [-0.3, -0.25) is 0 Å². The van der Waals surface area contributed by atoms with Crippen LogP contribution >= 0.6 is 22.6 Å². The van der Waals surface area contributed by atoms with Crippen molar-refractivity contribution >= 4 is 32.8 Å². The van der Waals surface area contributed by atoms with Gasteiger partial charge < -0.3 is 0 Å². The molecular weight excluding hydrogens is 258 g/mol. The van der Waals surface area contributed by atoms with Gasteiger partial charge in [-0.25, -0.2) is 4.39 Å². The smallest absolute Gasteiger partial charge is 0.136 e. The highest BCUT2D eigenvalue weighted by atomic mass is 127. The fourth-order valence-electron chi connectivity index (χ4n) is 0.685. The number of hydrogen-bond donors (Lipinski definition) is 0. The van der Waals surface area contributed by atoms with Crippen LogP contribution in [0.4, 0.5) is 4.39 Å². The maximum atomic E-state index is 12.7. The zero-order chi connectivity index (χ0) is 7.56. The fraction of sp³-hybridized carbons (Fsp3) is 0.143. The van der Waals surface area contributed by atoms with E-state index < -0.39 is 0 Å². The molecule has 0 spiro atoms. The van der Waals surface area contributed by atoms with E-state index >= 15 is 0 Å². The van der Waals surface area contributed by atoms with Crippen molar-refractivity contribution in [1.82, 2.24) is 0 Å². The van der Waals surface area contributed by atoms with E-state index in [0.717, 1.165) is 5.56 Å². The molecule has 10 heavy (non-hydrogen) atoms. The molecule has 0 aliphatic carbocycles. The van der Waals surface area contributed by atoms with Crippen LogP contribution in [0.25, 0.3) is 0 Å². The lowest BCUT2D eigenvalue weighted by molar-refractivity contribution is 0.618. The molecule has 1 rings (SSSR count). The van der Waals surface area contributed by atoms with E-state index in [1.54, 1.807) is 6.07 Å². The van der Waals surface area contributed by atoms with Crippen LogP contribution in [-0.2, 0) is 6.04 Å². The Morgan fingerprint density at radius 1 is 1.50 bits per heavy atom. The molecule has 0 fully saturated rings. The van der Waals surface area contributed by atoms with Crippen molar-refractivity contribution in [3.8, 4) is 0 Å². The van der Waals surface area contributed by atoms with E-state index in [1.165, 1.54) is 6.07 Å². The zero-order valence-corrected chi connectivity index (χ0v) is 8.35. The van der Waals surface area contributed by atoms with Gasteiger partial charge in [0.05, 0.1) is 3.57 Å². The number of halogens is 2. The highest BCUT2D eigenvalue weighted by Crippen LogP contribution is 2.15. The van der Waals surface area contributed by atoms with Crippen molar-refractivity contribution in [2.45, 2.75) is 6.04 Å². The van der Waals surface area contributed by atoms with Crippen molar-refractivity contribution in [1.29, 1.82) is 0 Å². The minimum Gasteiger partial charge on any atom is -0.206 e. The molecule has 0 saturated heterocycles. The van der Waals surface area contributed by atoms with Gasteiger partial charge in [-0.05, 0) is 40.3 Å². The summed E-state index contributed by atoms with van der Waals surface area (Å²) >= 11 is 2.00. The monoisotopic (exact) mass is 263 g/mol. The molecular formula is C7H5FISi. The molecule has 0 bridgehead atoms. The summed E-state index contributed by atoms with van der Waals surface area (Å²) in [7, 11) is 3.32. The SMILES string of the molecule is Fc1cccc(C[Si])c1I. The van der Waals surface area contributed by atoms with Crippen molar-refractivity contribution in [3.63, 3.8) is 0 Å². The maximum absolute atomic E-state index is 12.7. The molecule has 0 aromatic heterocycles. The first-order chi connectivity index (χ1) is 4.75. The molecule has 51 valence electrons. The molecule has 3 heteroatoms. The first-order valence-corrected chi connectivity index (χ1v) is 4.61. The van der Waals surface area contributed by atoms with Gasteiger partial charge in [0, 0.05) is 10.2 Å². The van der Waals surface area contributed by atoms with Crippen LogP contribution in [0.5, 0.6) is 0 Å². The summed E-state index contributed by atoms with van der Waals surface area (Å²) < 4.78 is 13.4. The second-order valence-corrected chi connectivity index (χ2v) is 3.32. The van der Waals surface area contributed by atoms with E-state index in [2.05, 4.69) is 10.2 Å². The van der Waals surface area contributed by atoms with E-state index in [9.17, 15) is 4.39 Å². The van der Waals surface area contributed by atoms with Gasteiger partial charge in [-0.1, -0.05) is 12.1 Å². The Morgan fingerprint density at radius 2 is 2.20 bits per heavy atom. The van der Waals surface area contributed by atoms with E-state index in [0.29, 0.717) is 9.61 Å². The third kappa shape index (κ3) is 1.57. The van der Waals surface area contributed by atoms with Crippen LogP contribution in [0.2, 0.25) is 0 Å². The van der Waals surface area contributed by atoms with Gasteiger partial charge in [-0.2, -0.15) is 0 Å². The third-order valence-electron chi connectivity index (χ3n) is 1.22. The Labute approximate surface area is 76.4 Å². The van der Waals surface area contributed by atoms with E-state index in [1.807, 2.05) is 28.7 Å². The molecule has 0 amide bonds. The Hall–Kier alpha value is 0.0969. The molecule has 0 aliphatic heterocycles. The Morgan fingerprint density at radius 3 is 2.70 bits per heavy atom. The van der Waals surface area contributed by atoms with Crippen LogP contribution in [-0.4, -0.2) is 10.2 Å². The summed E-state index contributed by atoms with van der Waals surface area (Å²) in [5, 5.41) is 0. The van der Waals surface area contributed by atoms with Crippen molar-refractivity contribution < 1.29 is 4.39 Å². The largest absolute Gasteiger partial charge is 0.206 e. The van der Waals surface area contributed by atoms with Gasteiger partial charge in [0.15, 0.2) is 0 Å². The number of benzene rings is 1. The van der Waals surface area contributed by atoms with Crippen LogP contribution in [0.15, 0.2) is 18.2 Å². The minimum atomic E-state index is -0.142. The zero-order valence-electron chi connectivity index (χ0n) is 5.20. The third-order valence-corrected chi connectivity index (χ3v) is 2.81. The van der Waals surface area contributed by atoms with Crippen molar-refractivity contribution in [2.24, 2.45) is 0 Å². The molecule has 1 aromatic rings. The summed E-state index contributed by atoms with van der Waals surface area (Å²) in [5.41, 5.74) is 0.997. The quantitative estimate of drug-likeness (QED) is 0.537. The normalized spacial score (nSPS) is 9.90. The molecule has 0 nitrogen and oxygen atoms in total. The topological polar surface area (TPSA) is 0 Å². The molecule has 0 N–H and O–H groups in total. The molecule has 0 saturated carbocycles. The number of rotatable bonds is 1. The van der Waals surface area contributed by atoms with Crippen LogP contribution in [0.1, 0.15) is 5.56 Å². The Bertz CT molecular complexity index is 237. The average Bonchev–Trinajstić information content (AvgIpc) is 1.95. The number of hydrogen-bond acceptors (Lipinski definition) is 0. The van der Waals surface area contributed by atoms with Gasteiger partial charge in [0.25, 0.3) is 0 Å². The standard InChI is InChI=1S/C7H5FISi/c8-6-3-1-2-5(4-10)7(6)9/h1-3H,4H2. The van der Waals surface area contributed by atoms with Gasteiger partial charge in [0.2, 0.25) is 0 Å². The molecule has 0 aliphatic rings. The average molecular weight is 263 g/mol. The lowest BCUT2D eigenvalue weighted by Crippen LogP contribution is -1.91. The van der Waals surface area contributed by atoms with Crippen molar-refractivity contribution in [2.75, 3.05) is 0 Å². The molecule has 3 radical (unpaired) electrons. The summed E-state index contributed by atoms with van der Waals surface area (Å²) in [4.78, 5) is 0. The first kappa shape index (κ1) is 8.20. The van der Waals surface area contributed by atoms with E-state index in [-0.39, 0.29) is 5.82 Å². The summed E-state index contributed by atoms with van der Waals surface area (Å²) in [5.74, 6) is -0.142. The second-order valence-electron chi connectivity index (χ2n) is 1.89. The van der Waals surface area contributed by atoms with Crippen molar-refractivity contribution in [3.05, 3.63) is 33.1 Å². The second kappa shape index (κ2) is 3.48. The Balaban J connectivity index is 3.14. The minimum absolute atomic E-state index is 0.142. The van der Waals surface area contributed by atoms with Gasteiger partial charge in [-0.15, -0.1) is 0 Å². The van der Waals surface area contributed by atoms with Gasteiger partial charge in [0.1, 0.15) is 5.82 Å². The highest BCUT2D eigenvalue weighted by Gasteiger charge is 2.00. The fourth-order valence-corrected chi connectivity index (χ4v) is 1.89. The highest BCUT2D eigenvalue weighted by molar-refractivity contribution is 14.1. The lowest BCUT2D eigenvalue weighted by atomic mass is 10.2. The summed E-state index contributed by atoms with van der Waals surface area (Å²) in [6, 6.07) is 5.79. The molecule has 0 unspecified atom stereocenters. The predicted molar refractivity (Wildman–Crippen MR) is 48.6 cm³/mol. The van der Waals surface area contributed by atoms with Crippen LogP contribution in [0.3, 0.4) is 0 Å². The summed E-state index contributed by atoms with van der Waals surface area (Å²) in [6.07, 6.45) is 0. The van der Waals surface area contributed by atoms with Crippen LogP contribution in [0, 0.1) is 9.39 Å².